The Morgan fingerprint density at radius 1 is 1.03 bits per heavy atom. The summed E-state index contributed by atoms with van der Waals surface area (Å²) in [6.07, 6.45) is 0. The standard InChI is InChI=1S/C22H19ClN2O6S/c1-15-3-4-16(2)21(13-15)24(32(29,30)20-11-5-17(23)6-12-20)22(26)14-31-19-9-7-18(8-10-19)25(27)28/h3-13H,14H2,1-2H3. The van der Waals surface area contributed by atoms with Crippen LogP contribution in [0.4, 0.5) is 11.4 Å². The third kappa shape index (κ3) is 5.06. The largest absolute Gasteiger partial charge is 0.484 e. The second-order valence-corrected chi connectivity index (χ2v) is 9.17. The number of nitro benzene ring substituents is 1. The molecule has 0 radical (unpaired) electrons. The fraction of sp³-hybridized carbons (Fsp3) is 0.136. The molecule has 0 aliphatic heterocycles. The fourth-order valence-electron chi connectivity index (χ4n) is 2.92. The van der Waals surface area contributed by atoms with Crippen molar-refractivity contribution < 1.29 is 22.9 Å². The fourth-order valence-corrected chi connectivity index (χ4v) is 4.51. The highest BCUT2D eigenvalue weighted by Gasteiger charge is 2.32. The van der Waals surface area contributed by atoms with E-state index in [1.807, 2.05) is 6.07 Å². The number of nitro groups is 1. The van der Waals surface area contributed by atoms with Crippen molar-refractivity contribution in [3.8, 4) is 5.75 Å². The van der Waals surface area contributed by atoms with Gasteiger partial charge in [-0.25, -0.2) is 8.42 Å². The Bertz CT molecular complexity index is 1260. The highest BCUT2D eigenvalue weighted by molar-refractivity contribution is 7.93. The van der Waals surface area contributed by atoms with E-state index >= 15 is 0 Å². The Labute approximate surface area is 190 Å². The van der Waals surface area contributed by atoms with Crippen LogP contribution in [-0.2, 0) is 14.8 Å². The van der Waals surface area contributed by atoms with E-state index in [9.17, 15) is 23.3 Å². The summed E-state index contributed by atoms with van der Waals surface area (Å²) in [5.41, 5.74) is 1.42. The maximum Gasteiger partial charge on any atom is 0.278 e. The summed E-state index contributed by atoms with van der Waals surface area (Å²) in [7, 11) is -4.28. The third-order valence-electron chi connectivity index (χ3n) is 4.57. The van der Waals surface area contributed by atoms with E-state index in [-0.39, 0.29) is 22.0 Å². The molecule has 0 atom stereocenters. The van der Waals surface area contributed by atoms with Gasteiger partial charge in [0.2, 0.25) is 0 Å². The van der Waals surface area contributed by atoms with E-state index in [1.165, 1.54) is 48.5 Å². The molecular formula is C22H19ClN2O6S. The molecule has 0 aromatic heterocycles. The van der Waals surface area contributed by atoms with Crippen molar-refractivity contribution in [2.75, 3.05) is 10.9 Å². The molecule has 0 saturated carbocycles. The summed E-state index contributed by atoms with van der Waals surface area (Å²) in [4.78, 5) is 23.2. The Morgan fingerprint density at radius 3 is 2.25 bits per heavy atom. The van der Waals surface area contributed by atoms with Gasteiger partial charge in [0.05, 0.1) is 15.5 Å². The van der Waals surface area contributed by atoms with Gasteiger partial charge in [-0.15, -0.1) is 0 Å². The average molecular weight is 475 g/mol. The lowest BCUT2D eigenvalue weighted by atomic mass is 10.1. The van der Waals surface area contributed by atoms with Gasteiger partial charge >= 0.3 is 0 Å². The third-order valence-corrected chi connectivity index (χ3v) is 6.57. The summed E-state index contributed by atoms with van der Waals surface area (Å²) in [5, 5.41) is 11.1. The van der Waals surface area contributed by atoms with Crippen LogP contribution in [0.3, 0.4) is 0 Å². The molecule has 0 aliphatic rings. The van der Waals surface area contributed by atoms with Gasteiger partial charge in [-0.1, -0.05) is 23.7 Å². The maximum atomic E-state index is 13.4. The summed E-state index contributed by atoms with van der Waals surface area (Å²) < 4.78 is 33.0. The molecule has 0 saturated heterocycles. The number of ether oxygens (including phenoxy) is 1. The molecule has 0 aliphatic carbocycles. The zero-order valence-corrected chi connectivity index (χ0v) is 18.8. The van der Waals surface area contributed by atoms with E-state index < -0.39 is 27.5 Å². The van der Waals surface area contributed by atoms with Crippen LogP contribution in [-0.4, -0.2) is 25.9 Å². The quantitative estimate of drug-likeness (QED) is 0.364. The van der Waals surface area contributed by atoms with E-state index in [2.05, 4.69) is 0 Å². The lowest BCUT2D eigenvalue weighted by Gasteiger charge is -2.24. The molecule has 0 N–H and O–H groups in total. The molecule has 32 heavy (non-hydrogen) atoms. The summed E-state index contributed by atoms with van der Waals surface area (Å²) in [6, 6.07) is 15.7. The number of aryl methyl sites for hydroxylation is 2. The van der Waals surface area contributed by atoms with Gasteiger partial charge in [-0.3, -0.25) is 14.9 Å². The lowest BCUT2D eigenvalue weighted by Crippen LogP contribution is -2.40. The first-order chi connectivity index (χ1) is 15.1. The maximum absolute atomic E-state index is 13.4. The van der Waals surface area contributed by atoms with Crippen LogP contribution in [0.25, 0.3) is 0 Å². The number of rotatable bonds is 7. The molecular weight excluding hydrogens is 456 g/mol. The van der Waals surface area contributed by atoms with Gasteiger partial charge in [-0.2, -0.15) is 4.31 Å². The van der Waals surface area contributed by atoms with Crippen molar-refractivity contribution in [2.45, 2.75) is 18.7 Å². The van der Waals surface area contributed by atoms with E-state index in [1.54, 1.807) is 26.0 Å². The smallest absolute Gasteiger partial charge is 0.278 e. The minimum absolute atomic E-state index is 0.105. The van der Waals surface area contributed by atoms with Crippen LogP contribution in [0.2, 0.25) is 5.02 Å². The van der Waals surface area contributed by atoms with Crippen LogP contribution in [0.15, 0.2) is 71.6 Å². The number of non-ortho nitro benzene ring substituents is 1. The van der Waals surface area contributed by atoms with Crippen molar-refractivity contribution >= 4 is 38.9 Å². The molecule has 10 heteroatoms. The number of hydrogen-bond donors (Lipinski definition) is 0. The minimum Gasteiger partial charge on any atom is -0.484 e. The van der Waals surface area contributed by atoms with Gasteiger partial charge < -0.3 is 4.74 Å². The van der Waals surface area contributed by atoms with Crippen molar-refractivity contribution in [3.05, 3.63) is 93.0 Å². The van der Waals surface area contributed by atoms with Gasteiger partial charge in [-0.05, 0) is 67.4 Å². The van der Waals surface area contributed by atoms with E-state index in [0.717, 1.165) is 5.56 Å². The van der Waals surface area contributed by atoms with Gasteiger partial charge in [0, 0.05) is 17.2 Å². The number of benzene rings is 3. The molecule has 0 bridgehead atoms. The van der Waals surface area contributed by atoms with Crippen molar-refractivity contribution in [1.29, 1.82) is 0 Å². The second kappa shape index (κ2) is 9.37. The zero-order valence-electron chi connectivity index (χ0n) is 17.2. The monoisotopic (exact) mass is 474 g/mol. The Kier molecular flexibility index (Phi) is 6.81. The molecule has 0 spiro atoms. The van der Waals surface area contributed by atoms with Crippen molar-refractivity contribution in [2.24, 2.45) is 0 Å². The first-order valence-electron chi connectivity index (χ1n) is 9.38. The highest BCUT2D eigenvalue weighted by Crippen LogP contribution is 2.29. The Morgan fingerprint density at radius 2 is 1.66 bits per heavy atom. The molecule has 3 rings (SSSR count). The molecule has 1 amide bonds. The number of sulfonamides is 1. The van der Waals surface area contributed by atoms with Crippen LogP contribution < -0.4 is 9.04 Å². The predicted molar refractivity (Wildman–Crippen MR) is 121 cm³/mol. The van der Waals surface area contributed by atoms with Crippen LogP contribution in [0.5, 0.6) is 5.75 Å². The molecule has 0 fully saturated rings. The number of halogens is 1. The topological polar surface area (TPSA) is 107 Å². The predicted octanol–water partition coefficient (Wildman–Crippen LogP) is 4.67. The van der Waals surface area contributed by atoms with Crippen molar-refractivity contribution in [3.63, 3.8) is 0 Å². The molecule has 0 unspecified atom stereocenters. The summed E-state index contributed by atoms with van der Waals surface area (Å²) in [5.74, 6) is -0.638. The summed E-state index contributed by atoms with van der Waals surface area (Å²) >= 11 is 5.88. The average Bonchev–Trinajstić information content (AvgIpc) is 2.75. The lowest BCUT2D eigenvalue weighted by molar-refractivity contribution is -0.384. The van der Waals surface area contributed by atoms with E-state index in [4.69, 9.17) is 16.3 Å². The number of anilines is 1. The highest BCUT2D eigenvalue weighted by atomic mass is 35.5. The van der Waals surface area contributed by atoms with Crippen LogP contribution >= 0.6 is 11.6 Å². The molecule has 3 aromatic carbocycles. The first kappa shape index (κ1) is 23.2. The normalized spacial score (nSPS) is 11.1. The first-order valence-corrected chi connectivity index (χ1v) is 11.2. The number of amides is 1. The van der Waals surface area contributed by atoms with Gasteiger partial charge in [0.15, 0.2) is 6.61 Å². The minimum atomic E-state index is -4.28. The SMILES string of the molecule is Cc1ccc(C)c(N(C(=O)COc2ccc([N+](=O)[O-])cc2)S(=O)(=O)c2ccc(Cl)cc2)c1. The zero-order chi connectivity index (χ0) is 23.5. The van der Waals surface area contributed by atoms with Crippen LogP contribution in [0.1, 0.15) is 11.1 Å². The molecule has 3 aromatic rings. The second-order valence-electron chi connectivity index (χ2n) is 6.95. The number of carbonyl (C=O) groups excluding carboxylic acids is 1. The number of hydrogen-bond acceptors (Lipinski definition) is 6. The van der Waals surface area contributed by atoms with E-state index in [0.29, 0.717) is 14.9 Å². The van der Waals surface area contributed by atoms with Crippen molar-refractivity contribution in [1.82, 2.24) is 0 Å². The summed E-state index contributed by atoms with van der Waals surface area (Å²) in [6.45, 7) is 2.88. The Balaban J connectivity index is 1.96. The van der Waals surface area contributed by atoms with Gasteiger partial charge in [0.1, 0.15) is 5.75 Å². The number of carbonyl (C=O) groups is 1. The molecule has 166 valence electrons. The molecule has 0 heterocycles. The number of nitrogens with zero attached hydrogens (tertiary/aromatic N) is 2. The van der Waals surface area contributed by atoms with Gasteiger partial charge in [0.25, 0.3) is 21.6 Å². The van der Waals surface area contributed by atoms with Crippen LogP contribution in [0, 0.1) is 24.0 Å². The molecule has 8 nitrogen and oxygen atoms in total. The Hall–Kier alpha value is -3.43.